The van der Waals surface area contributed by atoms with Crippen molar-refractivity contribution < 1.29 is 4.79 Å². The SMILES string of the molecule is O=C(CN1CCN(c2ccc(C3CC3)nn2)CC1)Nc1cccc(Cl)c1. The van der Waals surface area contributed by atoms with Gasteiger partial charge in [0.25, 0.3) is 0 Å². The van der Waals surface area contributed by atoms with Crippen molar-refractivity contribution in [3.63, 3.8) is 0 Å². The molecular weight excluding hydrogens is 350 g/mol. The second-order valence-corrected chi connectivity index (χ2v) is 7.35. The number of amides is 1. The van der Waals surface area contributed by atoms with Gasteiger partial charge in [0.2, 0.25) is 5.91 Å². The number of benzene rings is 1. The lowest BCUT2D eigenvalue weighted by Gasteiger charge is -2.34. The maximum absolute atomic E-state index is 12.2. The van der Waals surface area contributed by atoms with E-state index in [1.807, 2.05) is 12.1 Å². The molecule has 1 aromatic carbocycles. The third-order valence-corrected chi connectivity index (χ3v) is 5.07. The highest BCUT2D eigenvalue weighted by atomic mass is 35.5. The van der Waals surface area contributed by atoms with Crippen molar-refractivity contribution in [2.75, 3.05) is 42.9 Å². The van der Waals surface area contributed by atoms with Crippen molar-refractivity contribution in [1.82, 2.24) is 15.1 Å². The first kappa shape index (κ1) is 17.2. The van der Waals surface area contributed by atoms with Crippen LogP contribution >= 0.6 is 11.6 Å². The summed E-state index contributed by atoms with van der Waals surface area (Å²) in [6.07, 6.45) is 2.48. The quantitative estimate of drug-likeness (QED) is 0.875. The smallest absolute Gasteiger partial charge is 0.238 e. The van der Waals surface area contributed by atoms with Gasteiger partial charge in [-0.25, -0.2) is 0 Å². The number of aromatic nitrogens is 2. The summed E-state index contributed by atoms with van der Waals surface area (Å²) in [7, 11) is 0. The van der Waals surface area contributed by atoms with Crippen LogP contribution < -0.4 is 10.2 Å². The molecule has 26 heavy (non-hydrogen) atoms. The fourth-order valence-electron chi connectivity index (χ4n) is 3.21. The molecule has 0 spiro atoms. The van der Waals surface area contributed by atoms with Crippen molar-refractivity contribution in [1.29, 1.82) is 0 Å². The van der Waals surface area contributed by atoms with Crippen LogP contribution in [0.1, 0.15) is 24.5 Å². The zero-order valence-electron chi connectivity index (χ0n) is 14.6. The molecule has 4 rings (SSSR count). The molecule has 7 heteroatoms. The average molecular weight is 372 g/mol. The number of hydrogen-bond acceptors (Lipinski definition) is 5. The Morgan fingerprint density at radius 1 is 1.12 bits per heavy atom. The molecule has 2 heterocycles. The Bertz CT molecular complexity index is 770. The van der Waals surface area contributed by atoms with Crippen LogP contribution in [0.25, 0.3) is 0 Å². The number of anilines is 2. The summed E-state index contributed by atoms with van der Waals surface area (Å²) in [5.41, 5.74) is 1.84. The molecule has 0 atom stereocenters. The minimum absolute atomic E-state index is 0.0192. The number of hydrogen-bond donors (Lipinski definition) is 1. The van der Waals surface area contributed by atoms with Crippen LogP contribution in [-0.2, 0) is 4.79 Å². The lowest BCUT2D eigenvalue weighted by molar-refractivity contribution is -0.117. The van der Waals surface area contributed by atoms with Crippen LogP contribution in [0.5, 0.6) is 0 Å². The summed E-state index contributed by atoms with van der Waals surface area (Å²) in [5, 5.41) is 12.2. The third-order valence-electron chi connectivity index (χ3n) is 4.84. The largest absolute Gasteiger partial charge is 0.353 e. The monoisotopic (exact) mass is 371 g/mol. The molecule has 0 radical (unpaired) electrons. The molecule has 136 valence electrons. The van der Waals surface area contributed by atoms with Gasteiger partial charge in [-0.3, -0.25) is 9.69 Å². The maximum atomic E-state index is 12.2. The van der Waals surface area contributed by atoms with E-state index >= 15 is 0 Å². The molecule has 2 aromatic rings. The summed E-state index contributed by atoms with van der Waals surface area (Å²) < 4.78 is 0. The molecule has 1 saturated heterocycles. The van der Waals surface area contributed by atoms with E-state index in [2.05, 4.69) is 37.4 Å². The average Bonchev–Trinajstić information content (AvgIpc) is 3.48. The molecular formula is C19H22ClN5O. The zero-order chi connectivity index (χ0) is 17.9. The normalized spacial score (nSPS) is 18.0. The van der Waals surface area contributed by atoms with Gasteiger partial charge in [0.05, 0.1) is 12.2 Å². The number of piperazine rings is 1. The second-order valence-electron chi connectivity index (χ2n) is 6.91. The Morgan fingerprint density at radius 2 is 1.92 bits per heavy atom. The lowest BCUT2D eigenvalue weighted by atomic mass is 10.2. The number of nitrogens with zero attached hydrogens (tertiary/aromatic N) is 4. The summed E-state index contributed by atoms with van der Waals surface area (Å²) in [6, 6.07) is 11.4. The van der Waals surface area contributed by atoms with Crippen LogP contribution in [0.3, 0.4) is 0 Å². The highest BCUT2D eigenvalue weighted by molar-refractivity contribution is 6.30. The highest BCUT2D eigenvalue weighted by Crippen LogP contribution is 2.38. The Kier molecular flexibility index (Phi) is 5.04. The number of rotatable bonds is 5. The van der Waals surface area contributed by atoms with Crippen molar-refractivity contribution in [3.8, 4) is 0 Å². The molecule has 1 saturated carbocycles. The van der Waals surface area contributed by atoms with Crippen LogP contribution in [0.2, 0.25) is 5.02 Å². The van der Waals surface area contributed by atoms with Crippen molar-refractivity contribution in [2.24, 2.45) is 0 Å². The number of nitrogens with one attached hydrogen (secondary N) is 1. The predicted octanol–water partition coefficient (Wildman–Crippen LogP) is 2.77. The van der Waals surface area contributed by atoms with Gasteiger partial charge in [-0.05, 0) is 43.2 Å². The van der Waals surface area contributed by atoms with Gasteiger partial charge in [-0.15, -0.1) is 5.10 Å². The molecule has 1 aliphatic heterocycles. The Balaban J connectivity index is 1.26. The number of carbonyl (C=O) groups is 1. The predicted molar refractivity (Wildman–Crippen MR) is 103 cm³/mol. The molecule has 6 nitrogen and oxygen atoms in total. The molecule has 1 amide bonds. The minimum atomic E-state index is -0.0192. The van der Waals surface area contributed by atoms with E-state index in [4.69, 9.17) is 11.6 Å². The minimum Gasteiger partial charge on any atom is -0.353 e. The summed E-state index contributed by atoms with van der Waals surface area (Å²) >= 11 is 5.95. The molecule has 0 bridgehead atoms. The summed E-state index contributed by atoms with van der Waals surface area (Å²) in [4.78, 5) is 16.6. The van der Waals surface area contributed by atoms with Gasteiger partial charge in [0.15, 0.2) is 5.82 Å². The number of halogens is 1. The first-order valence-electron chi connectivity index (χ1n) is 9.04. The van der Waals surface area contributed by atoms with Gasteiger partial charge in [-0.2, -0.15) is 5.10 Å². The van der Waals surface area contributed by atoms with E-state index in [0.29, 0.717) is 17.5 Å². The standard InChI is InChI=1S/C19H22ClN5O/c20-15-2-1-3-16(12-15)21-19(26)13-24-8-10-25(11-9-24)18-7-6-17(22-23-18)14-4-5-14/h1-3,6-7,12,14H,4-5,8-11,13H2,(H,21,26). The topological polar surface area (TPSA) is 61.4 Å². The van der Waals surface area contributed by atoms with Crippen LogP contribution in [0.15, 0.2) is 36.4 Å². The van der Waals surface area contributed by atoms with Gasteiger partial charge in [-0.1, -0.05) is 17.7 Å². The Morgan fingerprint density at radius 3 is 2.58 bits per heavy atom. The van der Waals surface area contributed by atoms with Crippen LogP contribution in [-0.4, -0.2) is 53.7 Å². The molecule has 0 unspecified atom stereocenters. The summed E-state index contributed by atoms with van der Waals surface area (Å²) in [5.74, 6) is 1.54. The van der Waals surface area contributed by atoms with Crippen molar-refractivity contribution in [3.05, 3.63) is 47.1 Å². The first-order chi connectivity index (χ1) is 12.7. The molecule has 1 N–H and O–H groups in total. The van der Waals surface area contributed by atoms with Crippen LogP contribution in [0, 0.1) is 0 Å². The van der Waals surface area contributed by atoms with E-state index in [-0.39, 0.29) is 5.91 Å². The lowest BCUT2D eigenvalue weighted by Crippen LogP contribution is -2.49. The Labute approximate surface area is 158 Å². The second kappa shape index (κ2) is 7.60. The molecule has 2 aliphatic rings. The van der Waals surface area contributed by atoms with E-state index in [9.17, 15) is 4.79 Å². The van der Waals surface area contributed by atoms with E-state index in [1.165, 1.54) is 12.8 Å². The first-order valence-corrected chi connectivity index (χ1v) is 9.41. The zero-order valence-corrected chi connectivity index (χ0v) is 15.3. The van der Waals surface area contributed by atoms with E-state index in [0.717, 1.165) is 43.4 Å². The molecule has 1 aliphatic carbocycles. The van der Waals surface area contributed by atoms with Crippen molar-refractivity contribution >= 4 is 29.0 Å². The van der Waals surface area contributed by atoms with E-state index in [1.54, 1.807) is 12.1 Å². The third kappa shape index (κ3) is 4.31. The van der Waals surface area contributed by atoms with Gasteiger partial charge in [0.1, 0.15) is 0 Å². The maximum Gasteiger partial charge on any atom is 0.238 e. The highest BCUT2D eigenvalue weighted by Gasteiger charge is 2.26. The molecule has 1 aromatic heterocycles. The number of carbonyl (C=O) groups excluding carboxylic acids is 1. The van der Waals surface area contributed by atoms with Gasteiger partial charge in [0, 0.05) is 42.8 Å². The Hall–Kier alpha value is -2.18. The van der Waals surface area contributed by atoms with Gasteiger partial charge >= 0.3 is 0 Å². The van der Waals surface area contributed by atoms with Crippen molar-refractivity contribution in [2.45, 2.75) is 18.8 Å². The fourth-order valence-corrected chi connectivity index (χ4v) is 3.40. The fraction of sp³-hybridized carbons (Fsp3) is 0.421. The van der Waals surface area contributed by atoms with Gasteiger partial charge < -0.3 is 10.2 Å². The van der Waals surface area contributed by atoms with Crippen LogP contribution in [0.4, 0.5) is 11.5 Å². The molecule has 2 fully saturated rings. The summed E-state index contributed by atoms with van der Waals surface area (Å²) in [6.45, 7) is 3.74. The van der Waals surface area contributed by atoms with E-state index < -0.39 is 0 Å².